The summed E-state index contributed by atoms with van der Waals surface area (Å²) in [5, 5.41) is 5.82. The molecule has 0 radical (unpaired) electrons. The minimum absolute atomic E-state index is 0. The van der Waals surface area contributed by atoms with Crippen LogP contribution < -0.4 is 10.1 Å². The van der Waals surface area contributed by atoms with Gasteiger partial charge in [0, 0.05) is 41.5 Å². The Balaban J connectivity index is 0.00000192. The van der Waals surface area contributed by atoms with Gasteiger partial charge in [-0.05, 0) is 19.1 Å². The van der Waals surface area contributed by atoms with Gasteiger partial charge < -0.3 is 15.0 Å². The number of rotatable bonds is 3. The molecular formula is C17H20Cl2N2O2. The van der Waals surface area contributed by atoms with E-state index >= 15 is 0 Å². The van der Waals surface area contributed by atoms with Crippen molar-refractivity contribution in [3.63, 3.8) is 0 Å². The van der Waals surface area contributed by atoms with E-state index in [0.29, 0.717) is 10.8 Å². The number of nitrogens with zero attached hydrogens (tertiary/aromatic N) is 1. The van der Waals surface area contributed by atoms with Crippen LogP contribution in [0.2, 0.25) is 5.02 Å². The fourth-order valence-corrected chi connectivity index (χ4v) is 3.02. The third-order valence-corrected chi connectivity index (χ3v) is 4.33. The van der Waals surface area contributed by atoms with E-state index in [-0.39, 0.29) is 31.0 Å². The molecule has 1 fully saturated rings. The highest BCUT2D eigenvalue weighted by molar-refractivity contribution is 6.35. The molecule has 1 heterocycles. The Bertz CT molecular complexity index is 693. The largest absolute Gasteiger partial charge is 0.483 e. The maximum Gasteiger partial charge on any atom is 0.260 e. The van der Waals surface area contributed by atoms with Gasteiger partial charge in [0.25, 0.3) is 5.91 Å². The monoisotopic (exact) mass is 354 g/mol. The molecule has 1 N–H and O–H groups in total. The molecule has 0 saturated carbocycles. The molecule has 6 heteroatoms. The van der Waals surface area contributed by atoms with E-state index in [1.807, 2.05) is 42.2 Å². The SMILES string of the molecule is C[C@H]1CNCCN1C(=O)COc1ccc(Cl)c2ccccc12.Cl. The van der Waals surface area contributed by atoms with E-state index in [1.54, 1.807) is 6.07 Å². The molecule has 3 rings (SSSR count). The molecule has 23 heavy (non-hydrogen) atoms. The molecule has 0 aromatic heterocycles. The fourth-order valence-electron chi connectivity index (χ4n) is 2.79. The van der Waals surface area contributed by atoms with Gasteiger partial charge >= 0.3 is 0 Å². The molecule has 0 bridgehead atoms. The summed E-state index contributed by atoms with van der Waals surface area (Å²) in [6.45, 7) is 4.48. The fraction of sp³-hybridized carbons (Fsp3) is 0.353. The molecule has 1 aliphatic heterocycles. The van der Waals surface area contributed by atoms with Gasteiger partial charge in [-0.25, -0.2) is 0 Å². The summed E-state index contributed by atoms with van der Waals surface area (Å²) < 4.78 is 5.77. The van der Waals surface area contributed by atoms with E-state index in [2.05, 4.69) is 5.32 Å². The number of fused-ring (bicyclic) bond motifs is 1. The predicted octanol–water partition coefficient (Wildman–Crippen LogP) is 3.11. The van der Waals surface area contributed by atoms with E-state index in [0.717, 1.165) is 30.4 Å². The second-order valence-corrected chi connectivity index (χ2v) is 5.93. The highest BCUT2D eigenvalue weighted by Crippen LogP contribution is 2.31. The zero-order valence-electron chi connectivity index (χ0n) is 12.9. The zero-order valence-corrected chi connectivity index (χ0v) is 14.5. The van der Waals surface area contributed by atoms with Crippen molar-refractivity contribution < 1.29 is 9.53 Å². The smallest absolute Gasteiger partial charge is 0.260 e. The van der Waals surface area contributed by atoms with Gasteiger partial charge in [-0.1, -0.05) is 35.9 Å². The number of hydrogen-bond acceptors (Lipinski definition) is 3. The van der Waals surface area contributed by atoms with Crippen molar-refractivity contribution in [2.75, 3.05) is 26.2 Å². The van der Waals surface area contributed by atoms with Crippen molar-refractivity contribution >= 4 is 40.7 Å². The third-order valence-electron chi connectivity index (χ3n) is 4.00. The Labute approximate surface area is 147 Å². The Morgan fingerprint density at radius 2 is 2.04 bits per heavy atom. The summed E-state index contributed by atoms with van der Waals surface area (Å²) in [5.74, 6) is 0.712. The van der Waals surface area contributed by atoms with Crippen LogP contribution in [0.15, 0.2) is 36.4 Å². The van der Waals surface area contributed by atoms with E-state index in [1.165, 1.54) is 0 Å². The molecule has 1 aliphatic rings. The molecule has 124 valence electrons. The Morgan fingerprint density at radius 3 is 2.78 bits per heavy atom. The molecule has 2 aromatic carbocycles. The van der Waals surface area contributed by atoms with Crippen molar-refractivity contribution in [2.45, 2.75) is 13.0 Å². The molecule has 1 saturated heterocycles. The second-order valence-electron chi connectivity index (χ2n) is 5.52. The molecule has 0 unspecified atom stereocenters. The van der Waals surface area contributed by atoms with Crippen molar-refractivity contribution in [2.24, 2.45) is 0 Å². The summed E-state index contributed by atoms with van der Waals surface area (Å²) in [6.07, 6.45) is 0. The van der Waals surface area contributed by atoms with Crippen LogP contribution in [0.25, 0.3) is 10.8 Å². The molecule has 0 aliphatic carbocycles. The molecule has 1 amide bonds. The first-order valence-electron chi connectivity index (χ1n) is 7.47. The number of ether oxygens (including phenoxy) is 1. The van der Waals surface area contributed by atoms with E-state index < -0.39 is 0 Å². The molecule has 2 aromatic rings. The van der Waals surface area contributed by atoms with Gasteiger partial charge in [0.2, 0.25) is 0 Å². The van der Waals surface area contributed by atoms with Crippen LogP contribution in [0, 0.1) is 0 Å². The summed E-state index contributed by atoms with van der Waals surface area (Å²) in [6, 6.07) is 11.6. The molecular weight excluding hydrogens is 335 g/mol. The lowest BCUT2D eigenvalue weighted by Crippen LogP contribution is -2.53. The quantitative estimate of drug-likeness (QED) is 0.920. The number of piperazine rings is 1. The summed E-state index contributed by atoms with van der Waals surface area (Å²) in [4.78, 5) is 14.2. The second kappa shape index (κ2) is 7.86. The lowest BCUT2D eigenvalue weighted by Gasteiger charge is -2.33. The highest BCUT2D eigenvalue weighted by Gasteiger charge is 2.23. The Kier molecular flexibility index (Phi) is 6.10. The van der Waals surface area contributed by atoms with Gasteiger partial charge in [-0.2, -0.15) is 0 Å². The maximum atomic E-state index is 12.3. The maximum absolute atomic E-state index is 12.3. The number of carbonyl (C=O) groups excluding carboxylic acids is 1. The van der Waals surface area contributed by atoms with Crippen LogP contribution in [0.5, 0.6) is 5.75 Å². The van der Waals surface area contributed by atoms with Crippen LogP contribution in [-0.4, -0.2) is 43.1 Å². The van der Waals surface area contributed by atoms with Crippen LogP contribution >= 0.6 is 24.0 Å². The van der Waals surface area contributed by atoms with Crippen molar-refractivity contribution in [3.05, 3.63) is 41.4 Å². The average molecular weight is 355 g/mol. The topological polar surface area (TPSA) is 41.6 Å². The number of halogens is 2. The first-order chi connectivity index (χ1) is 10.7. The molecule has 0 spiro atoms. The standard InChI is InChI=1S/C17H19ClN2O2.ClH/c1-12-10-19-8-9-20(12)17(21)11-22-16-7-6-15(18)13-4-2-3-5-14(13)16;/h2-7,12,19H,8-11H2,1H3;1H/t12-;/m0./s1. The number of benzene rings is 2. The lowest BCUT2D eigenvalue weighted by molar-refractivity contribution is -0.136. The van der Waals surface area contributed by atoms with Crippen LogP contribution in [0.3, 0.4) is 0 Å². The van der Waals surface area contributed by atoms with E-state index in [4.69, 9.17) is 16.3 Å². The first kappa shape index (κ1) is 17.9. The van der Waals surface area contributed by atoms with Gasteiger partial charge in [-0.3, -0.25) is 4.79 Å². The average Bonchev–Trinajstić information content (AvgIpc) is 2.55. The normalized spacial score (nSPS) is 17.7. The number of nitrogens with one attached hydrogen (secondary N) is 1. The molecule has 4 nitrogen and oxygen atoms in total. The highest BCUT2D eigenvalue weighted by atomic mass is 35.5. The number of hydrogen-bond donors (Lipinski definition) is 1. The number of carbonyl (C=O) groups is 1. The van der Waals surface area contributed by atoms with E-state index in [9.17, 15) is 4.79 Å². The number of amides is 1. The summed E-state index contributed by atoms with van der Waals surface area (Å²) in [5.41, 5.74) is 0. The van der Waals surface area contributed by atoms with Gasteiger partial charge in [0.1, 0.15) is 5.75 Å². The Morgan fingerprint density at radius 1 is 1.30 bits per heavy atom. The van der Waals surface area contributed by atoms with Gasteiger partial charge in [-0.15, -0.1) is 12.4 Å². The van der Waals surface area contributed by atoms with Gasteiger partial charge in [0.05, 0.1) is 0 Å². The van der Waals surface area contributed by atoms with Crippen molar-refractivity contribution in [3.8, 4) is 5.75 Å². The third kappa shape index (κ3) is 3.89. The minimum atomic E-state index is 0. The first-order valence-corrected chi connectivity index (χ1v) is 7.85. The predicted molar refractivity (Wildman–Crippen MR) is 95.7 cm³/mol. The lowest BCUT2D eigenvalue weighted by atomic mass is 10.1. The van der Waals surface area contributed by atoms with Crippen molar-refractivity contribution in [1.82, 2.24) is 10.2 Å². The van der Waals surface area contributed by atoms with Crippen molar-refractivity contribution in [1.29, 1.82) is 0 Å². The zero-order chi connectivity index (χ0) is 15.5. The molecule has 1 atom stereocenters. The minimum Gasteiger partial charge on any atom is -0.483 e. The summed E-state index contributed by atoms with van der Waals surface area (Å²) in [7, 11) is 0. The van der Waals surface area contributed by atoms with Gasteiger partial charge in [0.15, 0.2) is 6.61 Å². The van der Waals surface area contributed by atoms with Crippen LogP contribution in [0.4, 0.5) is 0 Å². The summed E-state index contributed by atoms with van der Waals surface area (Å²) >= 11 is 6.19. The van der Waals surface area contributed by atoms with Crippen LogP contribution in [0.1, 0.15) is 6.92 Å². The Hall–Kier alpha value is -1.49. The van der Waals surface area contributed by atoms with Crippen LogP contribution in [-0.2, 0) is 4.79 Å².